The molecule has 1 aromatic rings. The predicted molar refractivity (Wildman–Crippen MR) is 37.6 cm³/mol. The first-order chi connectivity index (χ1) is 5.74. The highest BCUT2D eigenvalue weighted by molar-refractivity contribution is 5.24. The minimum absolute atomic E-state index is 0.00681. The van der Waals surface area contributed by atoms with Crippen molar-refractivity contribution in [2.75, 3.05) is 0 Å². The highest BCUT2D eigenvalue weighted by Crippen LogP contribution is 2.17. The molecular weight excluding hydrogens is 169 g/mol. The van der Waals surface area contributed by atoms with Crippen molar-refractivity contribution < 1.29 is 13.2 Å². The molecular formula is C7H9F3N2. The molecule has 0 bridgehead atoms. The highest BCUT2D eigenvalue weighted by atomic mass is 19.1. The normalized spacial score (nSPS) is 10.7. The lowest BCUT2D eigenvalue weighted by atomic mass is 10.2. The van der Waals surface area contributed by atoms with Gasteiger partial charge in [-0.2, -0.15) is 5.10 Å². The van der Waals surface area contributed by atoms with Gasteiger partial charge in [0.2, 0.25) is 0 Å². The lowest BCUT2D eigenvalue weighted by Crippen LogP contribution is -1.97. The molecule has 0 aliphatic heterocycles. The van der Waals surface area contributed by atoms with Crippen LogP contribution in [0.2, 0.25) is 0 Å². The third-order valence-electron chi connectivity index (χ3n) is 1.74. The molecule has 0 spiro atoms. The van der Waals surface area contributed by atoms with Gasteiger partial charge in [0.05, 0.1) is 11.4 Å². The van der Waals surface area contributed by atoms with E-state index in [1.54, 1.807) is 0 Å². The monoisotopic (exact) mass is 178 g/mol. The van der Waals surface area contributed by atoms with Gasteiger partial charge in [-0.15, -0.1) is 0 Å². The quantitative estimate of drug-likeness (QED) is 0.690. The van der Waals surface area contributed by atoms with Crippen molar-refractivity contribution in [2.24, 2.45) is 7.05 Å². The average Bonchev–Trinajstić information content (AvgIpc) is 2.40. The van der Waals surface area contributed by atoms with Crippen LogP contribution in [0.4, 0.5) is 13.2 Å². The van der Waals surface area contributed by atoms with Gasteiger partial charge in [0.15, 0.2) is 0 Å². The molecule has 0 aliphatic rings. The third kappa shape index (κ3) is 1.31. The van der Waals surface area contributed by atoms with Crippen LogP contribution in [0.5, 0.6) is 0 Å². The van der Waals surface area contributed by atoms with E-state index in [1.807, 2.05) is 0 Å². The largest absolute Gasteiger partial charge is 0.269 e. The smallest absolute Gasteiger partial charge is 0.134 e. The first-order valence-electron chi connectivity index (χ1n) is 3.46. The molecule has 0 radical (unpaired) electrons. The first kappa shape index (κ1) is 9.09. The standard InChI is InChI=1S/C7H9F3N2/c1-12-7(4-10)5(2-8)6(3-9)11-12/h2-4H2,1H3. The maximum atomic E-state index is 12.2. The molecule has 1 aromatic heterocycles. The fraction of sp³-hybridized carbons (Fsp3) is 0.571. The summed E-state index contributed by atoms with van der Waals surface area (Å²) in [6.07, 6.45) is 0. The minimum Gasteiger partial charge on any atom is -0.269 e. The second-order valence-corrected chi connectivity index (χ2v) is 2.40. The Labute approximate surface area is 68.0 Å². The van der Waals surface area contributed by atoms with Crippen LogP contribution in [-0.4, -0.2) is 9.78 Å². The molecule has 1 rings (SSSR count). The van der Waals surface area contributed by atoms with Gasteiger partial charge in [-0.25, -0.2) is 13.2 Å². The fourth-order valence-electron chi connectivity index (χ4n) is 1.09. The summed E-state index contributed by atoms with van der Waals surface area (Å²) in [5, 5.41) is 3.63. The second-order valence-electron chi connectivity index (χ2n) is 2.40. The molecule has 0 atom stereocenters. The van der Waals surface area contributed by atoms with E-state index in [0.717, 1.165) is 0 Å². The van der Waals surface area contributed by atoms with E-state index in [9.17, 15) is 13.2 Å². The molecule has 0 saturated heterocycles. The summed E-state index contributed by atoms with van der Waals surface area (Å²) in [4.78, 5) is 0. The van der Waals surface area contributed by atoms with Crippen molar-refractivity contribution in [3.8, 4) is 0 Å². The van der Waals surface area contributed by atoms with Crippen LogP contribution in [-0.2, 0) is 27.1 Å². The van der Waals surface area contributed by atoms with Crippen molar-refractivity contribution in [3.05, 3.63) is 17.0 Å². The molecule has 0 fully saturated rings. The Morgan fingerprint density at radius 3 is 2.25 bits per heavy atom. The van der Waals surface area contributed by atoms with Crippen LogP contribution in [0.25, 0.3) is 0 Å². The first-order valence-corrected chi connectivity index (χ1v) is 3.46. The van der Waals surface area contributed by atoms with Gasteiger partial charge in [-0.1, -0.05) is 0 Å². The predicted octanol–water partition coefficient (Wildman–Crippen LogP) is 1.83. The van der Waals surface area contributed by atoms with E-state index >= 15 is 0 Å². The number of hydrogen-bond acceptors (Lipinski definition) is 1. The average molecular weight is 178 g/mol. The zero-order chi connectivity index (χ0) is 9.14. The molecule has 0 unspecified atom stereocenters. The zero-order valence-corrected chi connectivity index (χ0v) is 6.65. The highest BCUT2D eigenvalue weighted by Gasteiger charge is 2.14. The van der Waals surface area contributed by atoms with Gasteiger partial charge < -0.3 is 0 Å². The summed E-state index contributed by atoms with van der Waals surface area (Å²) in [5.74, 6) is 0. The van der Waals surface area contributed by atoms with E-state index in [-0.39, 0.29) is 17.0 Å². The maximum absolute atomic E-state index is 12.2. The molecule has 0 N–H and O–H groups in total. The number of nitrogens with zero attached hydrogens (tertiary/aromatic N) is 2. The van der Waals surface area contributed by atoms with Gasteiger partial charge in [0.1, 0.15) is 20.0 Å². The Bertz CT molecular complexity index is 270. The molecule has 2 nitrogen and oxygen atoms in total. The number of aryl methyl sites for hydroxylation is 1. The summed E-state index contributed by atoms with van der Waals surface area (Å²) in [6.45, 7) is -2.54. The minimum atomic E-state index is -0.869. The molecule has 5 heteroatoms. The van der Waals surface area contributed by atoms with Gasteiger partial charge >= 0.3 is 0 Å². The van der Waals surface area contributed by atoms with Crippen molar-refractivity contribution in [1.29, 1.82) is 0 Å². The van der Waals surface area contributed by atoms with E-state index in [0.29, 0.717) is 0 Å². The Hall–Kier alpha value is -1.00. The maximum Gasteiger partial charge on any atom is 0.134 e. The summed E-state index contributed by atoms with van der Waals surface area (Å²) in [7, 11) is 1.47. The van der Waals surface area contributed by atoms with Crippen molar-refractivity contribution in [2.45, 2.75) is 20.0 Å². The zero-order valence-electron chi connectivity index (χ0n) is 6.65. The number of rotatable bonds is 3. The van der Waals surface area contributed by atoms with Gasteiger partial charge in [0, 0.05) is 12.6 Å². The van der Waals surface area contributed by atoms with Gasteiger partial charge in [0.25, 0.3) is 0 Å². The Kier molecular flexibility index (Phi) is 2.73. The van der Waals surface area contributed by atoms with E-state index < -0.39 is 20.0 Å². The molecule has 1 heterocycles. The Morgan fingerprint density at radius 2 is 1.83 bits per heavy atom. The molecule has 12 heavy (non-hydrogen) atoms. The molecule has 0 aromatic carbocycles. The third-order valence-corrected chi connectivity index (χ3v) is 1.74. The van der Waals surface area contributed by atoms with Crippen LogP contribution >= 0.6 is 0 Å². The molecule has 0 aliphatic carbocycles. The second kappa shape index (κ2) is 3.60. The molecule has 0 amide bonds. The van der Waals surface area contributed by atoms with Crippen LogP contribution < -0.4 is 0 Å². The van der Waals surface area contributed by atoms with Crippen molar-refractivity contribution in [1.82, 2.24) is 9.78 Å². The van der Waals surface area contributed by atoms with Crippen LogP contribution in [0, 0.1) is 0 Å². The van der Waals surface area contributed by atoms with Gasteiger partial charge in [-0.05, 0) is 0 Å². The van der Waals surface area contributed by atoms with Crippen LogP contribution in [0.3, 0.4) is 0 Å². The Balaban J connectivity index is 3.16. The summed E-state index contributed by atoms with van der Waals surface area (Å²) in [5.41, 5.74) is 0.153. The lowest BCUT2D eigenvalue weighted by Gasteiger charge is -1.96. The molecule has 0 saturated carbocycles. The van der Waals surface area contributed by atoms with E-state index in [2.05, 4.69) is 5.10 Å². The Morgan fingerprint density at radius 1 is 1.17 bits per heavy atom. The fourth-order valence-corrected chi connectivity index (χ4v) is 1.09. The number of hydrogen-bond donors (Lipinski definition) is 0. The van der Waals surface area contributed by atoms with E-state index in [4.69, 9.17) is 0 Å². The lowest BCUT2D eigenvalue weighted by molar-refractivity contribution is 0.433. The van der Waals surface area contributed by atoms with Crippen molar-refractivity contribution in [3.63, 3.8) is 0 Å². The van der Waals surface area contributed by atoms with E-state index in [1.165, 1.54) is 11.7 Å². The van der Waals surface area contributed by atoms with Crippen LogP contribution in [0.15, 0.2) is 0 Å². The van der Waals surface area contributed by atoms with Crippen LogP contribution in [0.1, 0.15) is 17.0 Å². The van der Waals surface area contributed by atoms with Crippen molar-refractivity contribution >= 4 is 0 Å². The number of halogens is 3. The van der Waals surface area contributed by atoms with Gasteiger partial charge in [-0.3, -0.25) is 4.68 Å². The SMILES string of the molecule is Cn1nc(CF)c(CF)c1CF. The molecule has 68 valence electrons. The topological polar surface area (TPSA) is 17.8 Å². The summed E-state index contributed by atoms with van der Waals surface area (Å²) in [6, 6.07) is 0. The summed E-state index contributed by atoms with van der Waals surface area (Å²) < 4.78 is 37.8. The number of aromatic nitrogens is 2. The summed E-state index contributed by atoms with van der Waals surface area (Å²) >= 11 is 0. The number of alkyl halides is 3.